The highest BCUT2D eigenvalue weighted by atomic mass is 32.1. The first-order valence-corrected chi connectivity index (χ1v) is 9.66. The molecule has 8 nitrogen and oxygen atoms in total. The lowest BCUT2D eigenvalue weighted by molar-refractivity contribution is 0.628. The molecule has 1 unspecified atom stereocenters. The topological polar surface area (TPSA) is 101 Å². The summed E-state index contributed by atoms with van der Waals surface area (Å²) in [5, 5.41) is 5.07. The Morgan fingerprint density at radius 3 is 3.03 bits per heavy atom. The molecule has 0 bridgehead atoms. The Morgan fingerprint density at radius 1 is 1.28 bits per heavy atom. The maximum Gasteiger partial charge on any atom is 0.266 e. The number of benzene rings is 1. The van der Waals surface area contributed by atoms with E-state index < -0.39 is 11.9 Å². The summed E-state index contributed by atoms with van der Waals surface area (Å²) < 4.78 is 15.4. The molecule has 1 aromatic carbocycles. The fourth-order valence-corrected chi connectivity index (χ4v) is 3.99. The van der Waals surface area contributed by atoms with Crippen LogP contribution in [-0.2, 0) is 0 Å². The molecule has 10 heteroatoms. The lowest BCUT2D eigenvalue weighted by Gasteiger charge is -2.18. The summed E-state index contributed by atoms with van der Waals surface area (Å²) in [5.41, 5.74) is 2.26. The number of hydrogen-bond acceptors (Lipinski definition) is 7. The fraction of sp³-hybridized carbons (Fsp3) is 0.105. The molecule has 0 aliphatic carbocycles. The van der Waals surface area contributed by atoms with Crippen LogP contribution in [0.1, 0.15) is 18.7 Å². The van der Waals surface area contributed by atoms with Crippen molar-refractivity contribution < 1.29 is 4.39 Å². The van der Waals surface area contributed by atoms with Crippen LogP contribution in [0.2, 0.25) is 0 Å². The van der Waals surface area contributed by atoms with Crippen LogP contribution in [0, 0.1) is 5.82 Å². The van der Waals surface area contributed by atoms with Crippen LogP contribution in [0.4, 0.5) is 10.2 Å². The number of anilines is 1. The first-order chi connectivity index (χ1) is 14.1. The number of nitrogens with zero attached hydrogens (tertiary/aromatic N) is 5. The van der Waals surface area contributed by atoms with Crippen molar-refractivity contribution in [3.8, 4) is 11.1 Å². The minimum absolute atomic E-state index is 0.250. The Morgan fingerprint density at radius 2 is 2.17 bits per heavy atom. The Hall–Kier alpha value is -3.66. The maximum atomic E-state index is 13.9. The molecule has 0 radical (unpaired) electrons. The van der Waals surface area contributed by atoms with Gasteiger partial charge in [-0.05, 0) is 24.6 Å². The third-order valence-corrected chi connectivity index (χ3v) is 5.35. The lowest BCUT2D eigenvalue weighted by atomic mass is 10.0. The van der Waals surface area contributed by atoms with Gasteiger partial charge in [-0.15, -0.1) is 11.3 Å². The molecule has 2 N–H and O–H groups in total. The molecule has 5 rings (SSSR count). The number of hydrogen-bond donors (Lipinski definition) is 2. The van der Waals surface area contributed by atoms with Crippen molar-refractivity contribution in [3.63, 3.8) is 0 Å². The Kier molecular flexibility index (Phi) is 4.06. The molecule has 0 amide bonds. The Labute approximate surface area is 167 Å². The van der Waals surface area contributed by atoms with E-state index in [1.54, 1.807) is 23.7 Å². The van der Waals surface area contributed by atoms with Crippen molar-refractivity contribution in [1.29, 1.82) is 0 Å². The molecule has 0 spiro atoms. The van der Waals surface area contributed by atoms with Gasteiger partial charge < -0.3 is 10.3 Å². The molecule has 0 saturated carbocycles. The van der Waals surface area contributed by atoms with E-state index in [2.05, 4.69) is 25.3 Å². The standard InChI is InChI=1S/C19H14FN7OS/c1-10(25-17-15-16(22-8-21-15)23-9-24-17)14-13(11-3-2-4-12(20)7-11)18(28)27-5-6-29-19(27)26-14/h2-10H,1H3,(H2,21,22,23,24,25). The Bertz CT molecular complexity index is 1410. The van der Waals surface area contributed by atoms with Crippen LogP contribution >= 0.6 is 11.3 Å². The zero-order valence-electron chi connectivity index (χ0n) is 15.1. The molecular weight excluding hydrogens is 393 g/mol. The van der Waals surface area contributed by atoms with Crippen LogP contribution in [0.15, 0.2) is 53.3 Å². The molecular formula is C19H14FN7OS. The minimum atomic E-state index is -0.418. The number of halogens is 1. The van der Waals surface area contributed by atoms with E-state index in [1.807, 2.05) is 6.92 Å². The first kappa shape index (κ1) is 17.4. The monoisotopic (exact) mass is 407 g/mol. The number of aromatic amines is 1. The SMILES string of the molecule is CC(Nc1ncnc2nc[nH]c12)c1nc2sccn2c(=O)c1-c1cccc(F)c1. The van der Waals surface area contributed by atoms with Gasteiger partial charge in [-0.1, -0.05) is 12.1 Å². The Balaban J connectivity index is 1.68. The molecule has 5 aromatic rings. The summed E-state index contributed by atoms with van der Waals surface area (Å²) in [6.45, 7) is 1.87. The molecule has 1 atom stereocenters. The van der Waals surface area contributed by atoms with E-state index in [9.17, 15) is 9.18 Å². The van der Waals surface area contributed by atoms with Crippen LogP contribution < -0.4 is 10.9 Å². The van der Waals surface area contributed by atoms with Crippen LogP contribution in [0.3, 0.4) is 0 Å². The van der Waals surface area contributed by atoms with Crippen LogP contribution in [0.25, 0.3) is 27.3 Å². The average molecular weight is 407 g/mol. The van der Waals surface area contributed by atoms with Gasteiger partial charge in [-0.25, -0.2) is 24.3 Å². The van der Waals surface area contributed by atoms with Crippen molar-refractivity contribution in [3.05, 3.63) is 70.4 Å². The third-order valence-electron chi connectivity index (χ3n) is 4.59. The number of nitrogens with one attached hydrogen (secondary N) is 2. The second-order valence-electron chi connectivity index (χ2n) is 6.43. The van der Waals surface area contributed by atoms with Crippen molar-refractivity contribution in [2.24, 2.45) is 0 Å². The van der Waals surface area contributed by atoms with Crippen molar-refractivity contribution in [2.75, 3.05) is 5.32 Å². The van der Waals surface area contributed by atoms with E-state index >= 15 is 0 Å². The van der Waals surface area contributed by atoms with E-state index in [4.69, 9.17) is 4.98 Å². The van der Waals surface area contributed by atoms with Gasteiger partial charge in [-0.2, -0.15) is 0 Å². The summed E-state index contributed by atoms with van der Waals surface area (Å²) in [6, 6.07) is 5.57. The zero-order valence-corrected chi connectivity index (χ0v) is 15.9. The van der Waals surface area contributed by atoms with Gasteiger partial charge in [0.25, 0.3) is 5.56 Å². The summed E-state index contributed by atoms with van der Waals surface area (Å²) >= 11 is 1.36. The van der Waals surface area contributed by atoms with E-state index in [1.165, 1.54) is 40.5 Å². The molecule has 144 valence electrons. The summed E-state index contributed by atoms with van der Waals surface area (Å²) in [7, 11) is 0. The van der Waals surface area contributed by atoms with E-state index in [0.29, 0.717) is 38.8 Å². The average Bonchev–Trinajstić information content (AvgIpc) is 3.37. The first-order valence-electron chi connectivity index (χ1n) is 8.78. The maximum absolute atomic E-state index is 13.9. The number of thiazole rings is 1. The summed E-state index contributed by atoms with van der Waals surface area (Å²) in [4.78, 5) is 34.0. The highest BCUT2D eigenvalue weighted by molar-refractivity contribution is 7.15. The number of H-pyrrole nitrogens is 1. The number of rotatable bonds is 4. The van der Waals surface area contributed by atoms with Gasteiger partial charge in [0.2, 0.25) is 0 Å². The van der Waals surface area contributed by atoms with Gasteiger partial charge in [0.1, 0.15) is 17.7 Å². The van der Waals surface area contributed by atoms with Gasteiger partial charge in [0, 0.05) is 11.6 Å². The largest absolute Gasteiger partial charge is 0.360 e. The summed E-state index contributed by atoms with van der Waals surface area (Å²) in [5.74, 6) is 0.122. The highest BCUT2D eigenvalue weighted by Crippen LogP contribution is 2.28. The van der Waals surface area contributed by atoms with Gasteiger partial charge in [-0.3, -0.25) is 9.20 Å². The highest BCUT2D eigenvalue weighted by Gasteiger charge is 2.21. The second kappa shape index (κ2) is 6.74. The molecule has 0 aliphatic heterocycles. The molecule has 0 aliphatic rings. The zero-order chi connectivity index (χ0) is 20.0. The van der Waals surface area contributed by atoms with Crippen LogP contribution in [0.5, 0.6) is 0 Å². The smallest absolute Gasteiger partial charge is 0.266 e. The summed E-state index contributed by atoms with van der Waals surface area (Å²) in [6.07, 6.45) is 4.62. The normalized spacial score (nSPS) is 12.5. The van der Waals surface area contributed by atoms with Crippen molar-refractivity contribution >= 4 is 33.3 Å². The van der Waals surface area contributed by atoms with E-state index in [0.717, 1.165) is 0 Å². The van der Waals surface area contributed by atoms with E-state index in [-0.39, 0.29) is 5.56 Å². The van der Waals surface area contributed by atoms with Gasteiger partial charge in [0.05, 0.1) is 23.6 Å². The predicted octanol–water partition coefficient (Wildman–Crippen LogP) is 3.40. The molecule has 4 aromatic heterocycles. The number of imidazole rings is 1. The predicted molar refractivity (Wildman–Crippen MR) is 108 cm³/mol. The molecule has 0 saturated heterocycles. The van der Waals surface area contributed by atoms with Crippen molar-refractivity contribution in [1.82, 2.24) is 29.3 Å². The molecule has 0 fully saturated rings. The van der Waals surface area contributed by atoms with Crippen LogP contribution in [-0.4, -0.2) is 29.3 Å². The molecule has 4 heterocycles. The molecule has 29 heavy (non-hydrogen) atoms. The number of fused-ring (bicyclic) bond motifs is 2. The number of aromatic nitrogens is 6. The van der Waals surface area contributed by atoms with Gasteiger partial charge >= 0.3 is 0 Å². The lowest BCUT2D eigenvalue weighted by Crippen LogP contribution is -2.22. The minimum Gasteiger partial charge on any atom is -0.360 e. The second-order valence-corrected chi connectivity index (χ2v) is 7.31. The third kappa shape index (κ3) is 2.93. The quantitative estimate of drug-likeness (QED) is 0.474. The van der Waals surface area contributed by atoms with Gasteiger partial charge in [0.15, 0.2) is 16.4 Å². The van der Waals surface area contributed by atoms with Crippen molar-refractivity contribution in [2.45, 2.75) is 13.0 Å². The fourth-order valence-electron chi connectivity index (χ4n) is 3.27.